The van der Waals surface area contributed by atoms with E-state index >= 15 is 0 Å². The number of benzene rings is 1. The van der Waals surface area contributed by atoms with Crippen molar-refractivity contribution in [3.05, 3.63) is 41.2 Å². The van der Waals surface area contributed by atoms with Crippen LogP contribution in [0.15, 0.2) is 30.6 Å². The van der Waals surface area contributed by atoms with E-state index in [9.17, 15) is 4.79 Å². The molecule has 0 radical (unpaired) electrons. The molecule has 172 valence electrons. The number of hydrogen-bond acceptors (Lipinski definition) is 8. The van der Waals surface area contributed by atoms with Crippen LogP contribution in [0.5, 0.6) is 17.2 Å². The van der Waals surface area contributed by atoms with Crippen LogP contribution >= 0.6 is 23.8 Å². The zero-order valence-corrected chi connectivity index (χ0v) is 19.5. The molecular formula is C21H24ClN3O6S. The Hall–Kier alpha value is -2.82. The summed E-state index contributed by atoms with van der Waals surface area (Å²) in [6, 6.07) is 4.97. The molecule has 0 saturated carbocycles. The van der Waals surface area contributed by atoms with Crippen LogP contribution in [0, 0.1) is 0 Å². The Balaban J connectivity index is 1.60. The van der Waals surface area contributed by atoms with Crippen molar-refractivity contribution in [2.24, 2.45) is 0 Å². The van der Waals surface area contributed by atoms with Gasteiger partial charge in [-0.2, -0.15) is 0 Å². The highest BCUT2D eigenvalue weighted by Gasteiger charge is 2.24. The fourth-order valence-electron chi connectivity index (χ4n) is 3.07. The minimum absolute atomic E-state index is 0.230. The van der Waals surface area contributed by atoms with E-state index in [-0.39, 0.29) is 12.7 Å². The standard InChI is InChI=1S/C21H24ClN3O6S/c1-27-18-8-17(19(28-2)7-16(18)22)24-21(32)25-4-5-30-15(11-25)12-31-14-6-13(9-23-10-14)20(26)29-3/h6-10,15H,4-5,11-12H2,1-3H3,(H,24,32). The summed E-state index contributed by atoms with van der Waals surface area (Å²) in [6.45, 7) is 1.89. The number of nitrogens with zero attached hydrogens (tertiary/aromatic N) is 2. The van der Waals surface area contributed by atoms with E-state index in [0.717, 1.165) is 0 Å². The molecule has 3 rings (SSSR count). The second-order valence-corrected chi connectivity index (χ2v) is 7.56. The van der Waals surface area contributed by atoms with Gasteiger partial charge >= 0.3 is 5.97 Å². The molecule has 1 aromatic carbocycles. The molecule has 0 bridgehead atoms. The highest BCUT2D eigenvalue weighted by Crippen LogP contribution is 2.36. The molecule has 1 aromatic heterocycles. The molecule has 1 unspecified atom stereocenters. The van der Waals surface area contributed by atoms with Crippen LogP contribution in [-0.4, -0.2) is 74.7 Å². The largest absolute Gasteiger partial charge is 0.495 e. The van der Waals surface area contributed by atoms with Crippen LogP contribution in [0.2, 0.25) is 5.02 Å². The van der Waals surface area contributed by atoms with Crippen LogP contribution in [0.4, 0.5) is 5.69 Å². The number of methoxy groups -OCH3 is 3. The molecule has 1 aliphatic heterocycles. The van der Waals surface area contributed by atoms with Crippen molar-refractivity contribution in [2.45, 2.75) is 6.10 Å². The normalized spacial score (nSPS) is 15.6. The van der Waals surface area contributed by atoms with Crippen molar-refractivity contribution < 1.29 is 28.5 Å². The third-order valence-electron chi connectivity index (χ3n) is 4.71. The molecule has 2 heterocycles. The van der Waals surface area contributed by atoms with Gasteiger partial charge < -0.3 is 33.9 Å². The lowest BCUT2D eigenvalue weighted by Crippen LogP contribution is -2.49. The number of carbonyl (C=O) groups is 1. The molecule has 0 spiro atoms. The third kappa shape index (κ3) is 5.90. The van der Waals surface area contributed by atoms with Gasteiger partial charge in [0.15, 0.2) is 5.11 Å². The Morgan fingerprint density at radius 2 is 2.03 bits per heavy atom. The molecule has 1 atom stereocenters. The Bertz CT molecular complexity index is 977. The maximum atomic E-state index is 11.6. The first-order chi connectivity index (χ1) is 15.4. The summed E-state index contributed by atoms with van der Waals surface area (Å²) in [4.78, 5) is 17.6. The zero-order chi connectivity index (χ0) is 23.1. The van der Waals surface area contributed by atoms with Crippen molar-refractivity contribution in [3.63, 3.8) is 0 Å². The molecule has 1 N–H and O–H groups in total. The van der Waals surface area contributed by atoms with E-state index in [1.54, 1.807) is 32.4 Å². The summed E-state index contributed by atoms with van der Waals surface area (Å²) in [5.74, 6) is 1.03. The van der Waals surface area contributed by atoms with Gasteiger partial charge in [0, 0.05) is 31.4 Å². The van der Waals surface area contributed by atoms with Crippen molar-refractivity contribution >= 4 is 40.6 Å². The van der Waals surface area contributed by atoms with Crippen LogP contribution in [0.1, 0.15) is 10.4 Å². The van der Waals surface area contributed by atoms with Gasteiger partial charge in [0.05, 0.1) is 50.4 Å². The van der Waals surface area contributed by atoms with E-state index < -0.39 is 5.97 Å². The maximum Gasteiger partial charge on any atom is 0.339 e. The highest BCUT2D eigenvalue weighted by atomic mass is 35.5. The van der Waals surface area contributed by atoms with E-state index in [1.807, 2.05) is 4.90 Å². The average molecular weight is 482 g/mol. The second-order valence-electron chi connectivity index (χ2n) is 6.77. The fourth-order valence-corrected chi connectivity index (χ4v) is 3.58. The molecule has 2 aromatic rings. The number of ether oxygens (including phenoxy) is 5. The number of morpholine rings is 1. The number of esters is 1. The monoisotopic (exact) mass is 481 g/mol. The SMILES string of the molecule is COC(=O)c1cncc(OCC2CN(C(=S)Nc3cc(OC)c(Cl)cc3OC)CCO2)c1. The predicted octanol–water partition coefficient (Wildman–Crippen LogP) is 3.02. The maximum absolute atomic E-state index is 11.6. The molecule has 0 aliphatic carbocycles. The van der Waals surface area contributed by atoms with Gasteiger partial charge in [-0.25, -0.2) is 4.79 Å². The van der Waals surface area contributed by atoms with Gasteiger partial charge in [-0.15, -0.1) is 0 Å². The van der Waals surface area contributed by atoms with Gasteiger partial charge in [-0.1, -0.05) is 11.6 Å². The smallest absolute Gasteiger partial charge is 0.339 e. The second kappa shape index (κ2) is 11.2. The number of anilines is 1. The Labute approximate surface area is 196 Å². The quantitative estimate of drug-likeness (QED) is 0.470. The summed E-state index contributed by atoms with van der Waals surface area (Å²) in [6.07, 6.45) is 2.72. The lowest BCUT2D eigenvalue weighted by atomic mass is 10.2. The van der Waals surface area contributed by atoms with E-state index in [1.165, 1.54) is 19.5 Å². The number of hydrogen-bond donors (Lipinski definition) is 1. The number of carbonyl (C=O) groups excluding carboxylic acids is 1. The van der Waals surface area contributed by atoms with Gasteiger partial charge in [0.25, 0.3) is 0 Å². The Morgan fingerprint density at radius 3 is 2.75 bits per heavy atom. The zero-order valence-electron chi connectivity index (χ0n) is 17.9. The lowest BCUT2D eigenvalue weighted by Gasteiger charge is -2.34. The molecule has 1 fully saturated rings. The van der Waals surface area contributed by atoms with Gasteiger partial charge in [-0.05, 0) is 18.3 Å². The summed E-state index contributed by atoms with van der Waals surface area (Å²) >= 11 is 11.8. The molecule has 0 amide bonds. The summed E-state index contributed by atoms with van der Waals surface area (Å²) in [5, 5.41) is 4.14. The number of thiocarbonyl (C=S) groups is 1. The summed E-state index contributed by atoms with van der Waals surface area (Å²) in [5.41, 5.74) is 0.956. The number of pyridine rings is 1. The van der Waals surface area contributed by atoms with Crippen LogP contribution in [-0.2, 0) is 9.47 Å². The van der Waals surface area contributed by atoms with E-state index in [0.29, 0.717) is 58.3 Å². The first-order valence-corrected chi connectivity index (χ1v) is 10.5. The minimum Gasteiger partial charge on any atom is -0.495 e. The minimum atomic E-state index is -0.478. The van der Waals surface area contributed by atoms with Crippen LogP contribution in [0.3, 0.4) is 0 Å². The molecular weight excluding hydrogens is 458 g/mol. The van der Waals surface area contributed by atoms with Gasteiger partial charge in [0.1, 0.15) is 30.0 Å². The Morgan fingerprint density at radius 1 is 1.25 bits per heavy atom. The highest BCUT2D eigenvalue weighted by molar-refractivity contribution is 7.80. The number of halogens is 1. The molecule has 9 nitrogen and oxygen atoms in total. The number of rotatable bonds is 7. The topological polar surface area (TPSA) is 91.4 Å². The molecule has 32 heavy (non-hydrogen) atoms. The molecule has 1 saturated heterocycles. The average Bonchev–Trinajstić information content (AvgIpc) is 2.83. The van der Waals surface area contributed by atoms with Crippen molar-refractivity contribution in [1.82, 2.24) is 9.88 Å². The molecule has 1 aliphatic rings. The van der Waals surface area contributed by atoms with E-state index in [4.69, 9.17) is 47.5 Å². The fraction of sp³-hybridized carbons (Fsp3) is 0.381. The van der Waals surface area contributed by atoms with Gasteiger partial charge in [0.2, 0.25) is 0 Å². The van der Waals surface area contributed by atoms with Gasteiger partial charge in [-0.3, -0.25) is 4.98 Å². The number of nitrogens with one attached hydrogen (secondary N) is 1. The third-order valence-corrected chi connectivity index (χ3v) is 5.37. The summed E-state index contributed by atoms with van der Waals surface area (Å²) in [7, 11) is 4.41. The lowest BCUT2D eigenvalue weighted by molar-refractivity contribution is -0.0280. The first kappa shape index (κ1) is 23.8. The summed E-state index contributed by atoms with van der Waals surface area (Å²) < 4.78 is 26.9. The van der Waals surface area contributed by atoms with Crippen LogP contribution in [0.25, 0.3) is 0 Å². The molecule has 11 heteroatoms. The number of aromatic nitrogens is 1. The first-order valence-electron chi connectivity index (χ1n) is 9.70. The van der Waals surface area contributed by atoms with Crippen molar-refractivity contribution in [1.29, 1.82) is 0 Å². The van der Waals surface area contributed by atoms with Crippen LogP contribution < -0.4 is 19.5 Å². The Kier molecular flexibility index (Phi) is 8.32. The van der Waals surface area contributed by atoms with E-state index in [2.05, 4.69) is 10.3 Å². The van der Waals surface area contributed by atoms with Crippen molar-refractivity contribution in [3.8, 4) is 17.2 Å². The predicted molar refractivity (Wildman–Crippen MR) is 123 cm³/mol. The van der Waals surface area contributed by atoms with Crippen molar-refractivity contribution in [2.75, 3.05) is 52.9 Å².